The van der Waals surface area contributed by atoms with Gasteiger partial charge in [-0.25, -0.2) is 0 Å². The number of nitrogens with zero attached hydrogens (tertiary/aromatic N) is 2. The molecule has 0 saturated carbocycles. The van der Waals surface area contributed by atoms with Crippen LogP contribution in [0.5, 0.6) is 0 Å². The molecule has 1 aromatic rings. The summed E-state index contributed by atoms with van der Waals surface area (Å²) < 4.78 is 5.47. The first-order valence-electron chi connectivity index (χ1n) is 7.05. The lowest BCUT2D eigenvalue weighted by Crippen LogP contribution is -2.43. The van der Waals surface area contributed by atoms with Gasteiger partial charge in [0.2, 0.25) is 0 Å². The van der Waals surface area contributed by atoms with Gasteiger partial charge in [0.1, 0.15) is 0 Å². The molecule has 1 aromatic heterocycles. The first-order chi connectivity index (χ1) is 9.55. The second-order valence-corrected chi connectivity index (χ2v) is 5.29. The standard InChI is InChI=1S/C15H23N3O2/c1-5-18-8-13(14(9-18)20-4)17-15(19)12-7-6-10(2)16-11(12)3/h6-7,13-14H,5,8-9H2,1-4H3,(H,17,19)/t13-,14-/m1/s1. The van der Waals surface area contributed by atoms with Gasteiger partial charge >= 0.3 is 0 Å². The third-order valence-corrected chi connectivity index (χ3v) is 3.88. The highest BCUT2D eigenvalue weighted by Crippen LogP contribution is 2.14. The molecule has 0 aliphatic carbocycles. The van der Waals surface area contributed by atoms with Crippen LogP contribution >= 0.6 is 0 Å². The maximum atomic E-state index is 12.4. The molecule has 2 atom stereocenters. The lowest BCUT2D eigenvalue weighted by atomic mass is 10.1. The van der Waals surface area contributed by atoms with Gasteiger partial charge in [-0.2, -0.15) is 0 Å². The molecule has 1 N–H and O–H groups in total. The fourth-order valence-electron chi connectivity index (χ4n) is 2.66. The Morgan fingerprint density at radius 3 is 2.80 bits per heavy atom. The number of aromatic nitrogens is 1. The Balaban J connectivity index is 2.07. The van der Waals surface area contributed by atoms with Crippen molar-refractivity contribution in [2.24, 2.45) is 0 Å². The molecular weight excluding hydrogens is 254 g/mol. The minimum Gasteiger partial charge on any atom is -0.378 e. The van der Waals surface area contributed by atoms with E-state index in [1.54, 1.807) is 7.11 Å². The fraction of sp³-hybridized carbons (Fsp3) is 0.600. The van der Waals surface area contributed by atoms with E-state index >= 15 is 0 Å². The van der Waals surface area contributed by atoms with Crippen molar-refractivity contribution < 1.29 is 9.53 Å². The van der Waals surface area contributed by atoms with Crippen LogP contribution in [-0.2, 0) is 4.74 Å². The number of aryl methyl sites for hydroxylation is 2. The van der Waals surface area contributed by atoms with Crippen molar-refractivity contribution in [3.05, 3.63) is 29.1 Å². The second kappa shape index (κ2) is 6.33. The summed E-state index contributed by atoms with van der Waals surface area (Å²) in [6.45, 7) is 8.57. The van der Waals surface area contributed by atoms with Gasteiger partial charge in [-0.1, -0.05) is 6.92 Å². The zero-order valence-electron chi connectivity index (χ0n) is 12.6. The summed E-state index contributed by atoms with van der Waals surface area (Å²) in [5.74, 6) is -0.0694. The molecule has 0 unspecified atom stereocenters. The number of likely N-dealkylation sites (tertiary alicyclic amines) is 1. The molecule has 1 aliphatic heterocycles. The van der Waals surface area contributed by atoms with E-state index in [9.17, 15) is 4.79 Å². The average Bonchev–Trinajstić information content (AvgIpc) is 2.80. The molecule has 20 heavy (non-hydrogen) atoms. The highest BCUT2D eigenvalue weighted by molar-refractivity contribution is 5.95. The summed E-state index contributed by atoms with van der Waals surface area (Å²) in [7, 11) is 1.70. The topological polar surface area (TPSA) is 54.5 Å². The van der Waals surface area contributed by atoms with Crippen molar-refractivity contribution in [2.45, 2.75) is 32.9 Å². The van der Waals surface area contributed by atoms with E-state index in [0.717, 1.165) is 31.0 Å². The summed E-state index contributed by atoms with van der Waals surface area (Å²) in [5, 5.41) is 3.08. The van der Waals surface area contributed by atoms with Gasteiger partial charge in [0.25, 0.3) is 5.91 Å². The third kappa shape index (κ3) is 3.16. The highest BCUT2D eigenvalue weighted by atomic mass is 16.5. The van der Waals surface area contributed by atoms with E-state index in [-0.39, 0.29) is 18.1 Å². The molecule has 1 aliphatic rings. The molecule has 5 nitrogen and oxygen atoms in total. The molecule has 0 radical (unpaired) electrons. The lowest BCUT2D eigenvalue weighted by molar-refractivity contribution is 0.0761. The molecule has 1 amide bonds. The summed E-state index contributed by atoms with van der Waals surface area (Å²) in [6, 6.07) is 3.73. The van der Waals surface area contributed by atoms with E-state index in [0.29, 0.717) is 5.56 Å². The predicted octanol–water partition coefficient (Wildman–Crippen LogP) is 1.15. The first kappa shape index (κ1) is 14.9. The van der Waals surface area contributed by atoms with Crippen LogP contribution in [0, 0.1) is 13.8 Å². The Kier molecular flexibility index (Phi) is 4.73. The zero-order chi connectivity index (χ0) is 14.7. The van der Waals surface area contributed by atoms with Crippen LogP contribution in [0.2, 0.25) is 0 Å². The molecule has 110 valence electrons. The molecule has 0 aromatic carbocycles. The number of methoxy groups -OCH3 is 1. The van der Waals surface area contributed by atoms with Gasteiger partial charge in [-0.15, -0.1) is 0 Å². The van der Waals surface area contributed by atoms with E-state index < -0.39 is 0 Å². The Labute approximate surface area is 120 Å². The fourth-order valence-corrected chi connectivity index (χ4v) is 2.66. The molecule has 1 saturated heterocycles. The number of pyridine rings is 1. The summed E-state index contributed by atoms with van der Waals surface area (Å²) in [5.41, 5.74) is 2.33. The second-order valence-electron chi connectivity index (χ2n) is 5.29. The molecule has 1 fully saturated rings. The van der Waals surface area contributed by atoms with Crippen molar-refractivity contribution in [1.29, 1.82) is 0 Å². The van der Waals surface area contributed by atoms with Crippen LogP contribution in [0.25, 0.3) is 0 Å². The normalized spacial score (nSPS) is 23.0. The summed E-state index contributed by atoms with van der Waals surface area (Å²) in [6.07, 6.45) is 0.0533. The molecule has 0 bridgehead atoms. The van der Waals surface area contributed by atoms with Crippen LogP contribution in [0.15, 0.2) is 12.1 Å². The van der Waals surface area contributed by atoms with Crippen LogP contribution in [0.3, 0.4) is 0 Å². The van der Waals surface area contributed by atoms with E-state index in [2.05, 4.69) is 22.1 Å². The van der Waals surface area contributed by atoms with Crippen LogP contribution in [0.4, 0.5) is 0 Å². The van der Waals surface area contributed by atoms with E-state index in [1.807, 2.05) is 26.0 Å². The first-order valence-corrected chi connectivity index (χ1v) is 7.05. The van der Waals surface area contributed by atoms with Crippen molar-refractivity contribution in [1.82, 2.24) is 15.2 Å². The zero-order valence-corrected chi connectivity index (χ0v) is 12.6. The Morgan fingerprint density at radius 2 is 2.20 bits per heavy atom. The number of hydrogen-bond acceptors (Lipinski definition) is 4. The minimum atomic E-state index is -0.0694. The maximum absolute atomic E-state index is 12.4. The molecule has 5 heteroatoms. The van der Waals surface area contributed by atoms with Crippen molar-refractivity contribution in [2.75, 3.05) is 26.7 Å². The minimum absolute atomic E-state index is 0.0353. The Bertz CT molecular complexity index is 490. The number of ether oxygens (including phenoxy) is 1. The van der Waals surface area contributed by atoms with Crippen molar-refractivity contribution >= 4 is 5.91 Å². The summed E-state index contributed by atoms with van der Waals surface area (Å²) in [4.78, 5) is 19.0. The lowest BCUT2D eigenvalue weighted by Gasteiger charge is -2.19. The van der Waals surface area contributed by atoms with Crippen LogP contribution < -0.4 is 5.32 Å². The van der Waals surface area contributed by atoms with Crippen LogP contribution in [-0.4, -0.2) is 54.7 Å². The SMILES string of the molecule is CCN1C[C@@H](NC(=O)c2ccc(C)nc2C)[C@H](OC)C1. The van der Waals surface area contributed by atoms with Gasteiger partial charge in [0.15, 0.2) is 0 Å². The molecule has 2 rings (SSSR count). The van der Waals surface area contributed by atoms with Gasteiger partial charge in [-0.3, -0.25) is 14.7 Å². The largest absolute Gasteiger partial charge is 0.378 e. The summed E-state index contributed by atoms with van der Waals surface area (Å²) >= 11 is 0. The number of amides is 1. The number of nitrogens with one attached hydrogen (secondary N) is 1. The monoisotopic (exact) mass is 277 g/mol. The molecular formula is C15H23N3O2. The van der Waals surface area contributed by atoms with Crippen molar-refractivity contribution in [3.8, 4) is 0 Å². The van der Waals surface area contributed by atoms with Gasteiger partial charge < -0.3 is 10.1 Å². The third-order valence-electron chi connectivity index (χ3n) is 3.88. The molecule has 0 spiro atoms. The number of carbonyl (C=O) groups is 1. The van der Waals surface area contributed by atoms with Gasteiger partial charge in [-0.05, 0) is 32.5 Å². The highest BCUT2D eigenvalue weighted by Gasteiger charge is 2.33. The maximum Gasteiger partial charge on any atom is 0.253 e. The Hall–Kier alpha value is -1.46. The Morgan fingerprint density at radius 1 is 1.45 bits per heavy atom. The van der Waals surface area contributed by atoms with Gasteiger partial charge in [0, 0.05) is 25.9 Å². The van der Waals surface area contributed by atoms with Crippen molar-refractivity contribution in [3.63, 3.8) is 0 Å². The predicted molar refractivity (Wildman–Crippen MR) is 77.9 cm³/mol. The molecule has 2 heterocycles. The number of hydrogen-bond donors (Lipinski definition) is 1. The van der Waals surface area contributed by atoms with E-state index in [4.69, 9.17) is 4.74 Å². The smallest absolute Gasteiger partial charge is 0.253 e. The van der Waals surface area contributed by atoms with Crippen LogP contribution in [0.1, 0.15) is 28.7 Å². The number of rotatable bonds is 4. The quantitative estimate of drug-likeness (QED) is 0.897. The number of likely N-dealkylation sites (N-methyl/N-ethyl adjacent to an activating group) is 1. The van der Waals surface area contributed by atoms with Gasteiger partial charge in [0.05, 0.1) is 23.4 Å². The average molecular weight is 277 g/mol. The number of carbonyl (C=O) groups excluding carboxylic acids is 1. The van der Waals surface area contributed by atoms with E-state index in [1.165, 1.54) is 0 Å².